The lowest BCUT2D eigenvalue weighted by Gasteiger charge is -2.22. The summed E-state index contributed by atoms with van der Waals surface area (Å²) < 4.78 is 32.4. The Morgan fingerprint density at radius 3 is 2.12 bits per heavy atom. The molecule has 260 valence electrons. The smallest absolute Gasteiger partial charge is 0.347 e. The van der Waals surface area contributed by atoms with Crippen molar-refractivity contribution in [1.29, 1.82) is 0 Å². The summed E-state index contributed by atoms with van der Waals surface area (Å²) in [5.41, 5.74) is 1.51. The molecule has 1 saturated carbocycles. The average Bonchev–Trinajstić information content (AvgIpc) is 3.18. The van der Waals surface area contributed by atoms with Crippen molar-refractivity contribution in [3.63, 3.8) is 0 Å². The number of halogens is 2. The fourth-order valence-electron chi connectivity index (χ4n) is 6.72. The van der Waals surface area contributed by atoms with E-state index in [-0.39, 0.29) is 28.7 Å². The third-order valence-corrected chi connectivity index (χ3v) is 9.39. The highest BCUT2D eigenvalue weighted by atomic mass is 19.1. The highest BCUT2D eigenvalue weighted by Crippen LogP contribution is 2.28. The number of anilines is 1. The van der Waals surface area contributed by atoms with E-state index in [0.717, 1.165) is 46.0 Å². The number of rotatable bonds is 6. The Labute approximate surface area is 298 Å². The van der Waals surface area contributed by atoms with Crippen LogP contribution in [0.2, 0.25) is 0 Å². The molecule has 0 aliphatic heterocycles. The molecular weight excluding hydrogens is 660 g/mol. The maximum Gasteiger partial charge on any atom is 0.347 e. The fourth-order valence-corrected chi connectivity index (χ4v) is 6.72. The molecule has 2 N–H and O–H groups in total. The van der Waals surface area contributed by atoms with E-state index < -0.39 is 17.3 Å². The van der Waals surface area contributed by atoms with Crippen LogP contribution in [-0.2, 0) is 0 Å². The van der Waals surface area contributed by atoms with Gasteiger partial charge in [-0.1, -0.05) is 92.1 Å². The third kappa shape index (κ3) is 7.58. The van der Waals surface area contributed by atoms with Gasteiger partial charge in [0, 0.05) is 17.7 Å². The number of nitrogens with zero attached hydrogens (tertiary/aromatic N) is 1. The number of hydrogen-bond acceptors (Lipinski definition) is 5. The Morgan fingerprint density at radius 1 is 0.673 bits per heavy atom. The summed E-state index contributed by atoms with van der Waals surface area (Å²) in [6.07, 6.45) is 5.83. The Kier molecular flexibility index (Phi) is 10.1. The number of nitrogens with one attached hydrogen (secondary N) is 2. The van der Waals surface area contributed by atoms with Crippen LogP contribution in [0.4, 0.5) is 14.5 Å². The Morgan fingerprint density at radius 2 is 1.33 bits per heavy atom. The van der Waals surface area contributed by atoms with Crippen LogP contribution in [0.3, 0.4) is 0 Å². The van der Waals surface area contributed by atoms with Crippen molar-refractivity contribution in [2.75, 3.05) is 11.9 Å². The molecule has 1 aliphatic rings. The van der Waals surface area contributed by atoms with Crippen molar-refractivity contribution in [3.8, 4) is 11.5 Å². The summed E-state index contributed by atoms with van der Waals surface area (Å²) in [6.45, 7) is 0.575. The van der Waals surface area contributed by atoms with Gasteiger partial charge in [-0.25, -0.2) is 18.6 Å². The second-order valence-corrected chi connectivity index (χ2v) is 12.9. The van der Waals surface area contributed by atoms with Crippen LogP contribution < -0.4 is 16.3 Å². The first-order chi connectivity index (χ1) is 25.3. The number of benzene rings is 6. The number of fused-ring (bicyclic) bond motifs is 3. The predicted molar refractivity (Wildman–Crippen MR) is 200 cm³/mol. The van der Waals surface area contributed by atoms with E-state index in [2.05, 4.69) is 15.6 Å². The quantitative estimate of drug-likeness (QED) is 0.180. The molecule has 2 amide bonds. The SMILES string of the molecule is O=C(NCC1CCCCC1)c1cc(F)ccc1NC(=O)c1cccc2ccccc12.O=c1oc(-c2cccc3ccccc23)nc2ccc(F)cc12. The molecular formula is C43H35F2N3O4. The molecule has 8 rings (SSSR count). The molecule has 0 radical (unpaired) electrons. The highest BCUT2D eigenvalue weighted by Gasteiger charge is 2.19. The summed E-state index contributed by atoms with van der Waals surface area (Å²) >= 11 is 0. The Bertz CT molecular complexity index is 2480. The molecule has 1 aliphatic carbocycles. The van der Waals surface area contributed by atoms with E-state index in [4.69, 9.17) is 4.42 Å². The van der Waals surface area contributed by atoms with Crippen molar-refractivity contribution in [2.24, 2.45) is 5.92 Å². The van der Waals surface area contributed by atoms with E-state index >= 15 is 0 Å². The zero-order chi connectivity index (χ0) is 36.0. The second-order valence-electron chi connectivity index (χ2n) is 12.9. The van der Waals surface area contributed by atoms with Gasteiger partial charge in [-0.15, -0.1) is 0 Å². The van der Waals surface area contributed by atoms with Crippen LogP contribution in [0, 0.1) is 17.6 Å². The first kappa shape index (κ1) is 34.2. The second kappa shape index (κ2) is 15.3. The van der Waals surface area contributed by atoms with E-state index in [1.807, 2.05) is 78.9 Å². The van der Waals surface area contributed by atoms with Crippen LogP contribution >= 0.6 is 0 Å². The molecule has 0 bridgehead atoms. The van der Waals surface area contributed by atoms with Crippen molar-refractivity contribution in [3.05, 3.63) is 155 Å². The summed E-state index contributed by atoms with van der Waals surface area (Å²) in [4.78, 5) is 42.2. The Balaban J connectivity index is 0.000000169. The van der Waals surface area contributed by atoms with Gasteiger partial charge in [0.15, 0.2) is 0 Å². The maximum atomic E-state index is 13.9. The summed E-state index contributed by atoms with van der Waals surface area (Å²) in [5, 5.41) is 9.62. The predicted octanol–water partition coefficient (Wildman–Crippen LogP) is 9.69. The Hall–Kier alpha value is -6.22. The molecule has 1 heterocycles. The largest absolute Gasteiger partial charge is 0.403 e. The fraction of sp³-hybridized carbons (Fsp3) is 0.163. The zero-order valence-corrected chi connectivity index (χ0v) is 28.2. The van der Waals surface area contributed by atoms with Crippen LogP contribution in [0.25, 0.3) is 43.9 Å². The minimum absolute atomic E-state index is 0.138. The summed E-state index contributed by atoms with van der Waals surface area (Å²) in [5.74, 6) is -1.00. The summed E-state index contributed by atoms with van der Waals surface area (Å²) in [6, 6.07) is 34.4. The van der Waals surface area contributed by atoms with Gasteiger partial charge >= 0.3 is 5.63 Å². The minimum atomic E-state index is -0.590. The number of amides is 2. The molecule has 0 unspecified atom stereocenters. The molecule has 0 spiro atoms. The maximum absolute atomic E-state index is 13.9. The van der Waals surface area contributed by atoms with Gasteiger partial charge in [0.05, 0.1) is 22.2 Å². The number of carbonyl (C=O) groups excluding carboxylic acids is 2. The lowest BCUT2D eigenvalue weighted by molar-refractivity contribution is 0.0944. The van der Waals surface area contributed by atoms with E-state index in [0.29, 0.717) is 29.2 Å². The van der Waals surface area contributed by atoms with Crippen molar-refractivity contribution >= 4 is 49.9 Å². The molecule has 1 aromatic heterocycles. The normalized spacial score (nSPS) is 13.0. The van der Waals surface area contributed by atoms with Crippen molar-refractivity contribution < 1.29 is 22.8 Å². The first-order valence-corrected chi connectivity index (χ1v) is 17.3. The van der Waals surface area contributed by atoms with Crippen LogP contribution in [0.5, 0.6) is 0 Å². The number of carbonyl (C=O) groups is 2. The molecule has 6 aromatic carbocycles. The highest BCUT2D eigenvalue weighted by molar-refractivity contribution is 6.14. The van der Waals surface area contributed by atoms with Crippen molar-refractivity contribution in [1.82, 2.24) is 10.3 Å². The van der Waals surface area contributed by atoms with Crippen LogP contribution in [-0.4, -0.2) is 23.3 Å². The molecule has 7 nitrogen and oxygen atoms in total. The molecule has 9 heteroatoms. The van der Waals surface area contributed by atoms with Gasteiger partial charge in [-0.05, 0) is 88.8 Å². The first-order valence-electron chi connectivity index (χ1n) is 17.3. The van der Waals surface area contributed by atoms with Gasteiger partial charge in [0.25, 0.3) is 11.8 Å². The molecule has 0 saturated heterocycles. The lowest BCUT2D eigenvalue weighted by Crippen LogP contribution is -2.31. The van der Waals surface area contributed by atoms with Gasteiger partial charge < -0.3 is 15.1 Å². The minimum Gasteiger partial charge on any atom is -0.403 e. The molecule has 1 fully saturated rings. The summed E-state index contributed by atoms with van der Waals surface area (Å²) in [7, 11) is 0. The van der Waals surface area contributed by atoms with Crippen LogP contribution in [0.1, 0.15) is 52.8 Å². The topological polar surface area (TPSA) is 101 Å². The molecule has 7 aromatic rings. The van der Waals surface area contributed by atoms with Gasteiger partial charge in [0.2, 0.25) is 5.89 Å². The third-order valence-electron chi connectivity index (χ3n) is 9.39. The lowest BCUT2D eigenvalue weighted by atomic mass is 9.89. The average molecular weight is 696 g/mol. The van der Waals surface area contributed by atoms with Gasteiger partial charge in [-0.3, -0.25) is 9.59 Å². The van der Waals surface area contributed by atoms with Crippen LogP contribution in [0.15, 0.2) is 131 Å². The van der Waals surface area contributed by atoms with Gasteiger partial charge in [0.1, 0.15) is 11.6 Å². The monoisotopic (exact) mass is 695 g/mol. The zero-order valence-electron chi connectivity index (χ0n) is 28.2. The number of hydrogen-bond donors (Lipinski definition) is 2. The standard InChI is InChI=1S/C25H25FN2O2.C18H10FNO2/c26-19-13-14-23(22(15-19)24(29)27-16-17-7-2-1-3-8-17)28-25(30)21-12-6-10-18-9-4-5-11-20(18)21;19-12-8-9-16-15(10-12)18(21)22-17(20-16)14-7-3-5-11-4-1-2-6-13(11)14/h4-6,9-15,17H,1-3,7-8,16H2,(H,27,29)(H,28,30);1-10H. The van der Waals surface area contributed by atoms with E-state index in [1.165, 1.54) is 49.6 Å². The van der Waals surface area contributed by atoms with Crippen molar-refractivity contribution in [2.45, 2.75) is 32.1 Å². The van der Waals surface area contributed by atoms with E-state index in [9.17, 15) is 23.2 Å². The molecule has 0 atom stereocenters. The van der Waals surface area contributed by atoms with Gasteiger partial charge in [-0.2, -0.15) is 0 Å². The number of aromatic nitrogens is 1. The van der Waals surface area contributed by atoms with E-state index in [1.54, 1.807) is 6.07 Å². The molecule has 52 heavy (non-hydrogen) atoms.